The Kier molecular flexibility index (Phi) is 5.36. The van der Waals surface area contributed by atoms with Crippen LogP contribution in [0.4, 0.5) is 0 Å². The first kappa shape index (κ1) is 16.8. The summed E-state index contributed by atoms with van der Waals surface area (Å²) in [5.41, 5.74) is 1.94. The highest BCUT2D eigenvalue weighted by Gasteiger charge is 2.34. The number of rotatable bonds is 6. The van der Waals surface area contributed by atoms with Gasteiger partial charge in [0.1, 0.15) is 0 Å². The quantitative estimate of drug-likeness (QED) is 0.567. The minimum atomic E-state index is -0.892. The van der Waals surface area contributed by atoms with E-state index >= 15 is 0 Å². The lowest BCUT2D eigenvalue weighted by Gasteiger charge is -2.31. The maximum absolute atomic E-state index is 5.79. The number of methoxy groups -OCH3 is 2. The monoisotopic (exact) mass is 336 g/mol. The smallest absolute Gasteiger partial charge is 0.221 e. The number of ether oxygens (including phenoxy) is 2. The van der Waals surface area contributed by atoms with Crippen molar-refractivity contribution < 1.29 is 9.47 Å². The van der Waals surface area contributed by atoms with Gasteiger partial charge in [-0.05, 0) is 24.3 Å². The van der Waals surface area contributed by atoms with E-state index in [4.69, 9.17) is 9.47 Å². The molecule has 0 N–H and O–H groups in total. The summed E-state index contributed by atoms with van der Waals surface area (Å²) in [4.78, 5) is 2.40. The second-order valence-electron chi connectivity index (χ2n) is 5.33. The first-order valence-corrected chi connectivity index (χ1v) is 8.59. The van der Waals surface area contributed by atoms with Crippen LogP contribution in [-0.4, -0.2) is 14.2 Å². The van der Waals surface area contributed by atoms with Gasteiger partial charge < -0.3 is 9.47 Å². The van der Waals surface area contributed by atoms with Crippen LogP contribution < -0.4 is 0 Å². The van der Waals surface area contributed by atoms with Gasteiger partial charge in [0.15, 0.2) is 0 Å². The Hall–Kier alpha value is -2.07. The van der Waals surface area contributed by atoms with Crippen LogP contribution in [0.1, 0.15) is 11.1 Å². The van der Waals surface area contributed by atoms with Gasteiger partial charge in [0.25, 0.3) is 0 Å². The summed E-state index contributed by atoms with van der Waals surface area (Å²) in [6, 6.07) is 28.6. The topological polar surface area (TPSA) is 18.5 Å². The van der Waals surface area contributed by atoms with E-state index in [0.717, 1.165) is 11.1 Å². The Morgan fingerprint density at radius 3 is 1.58 bits per heavy atom. The fourth-order valence-electron chi connectivity index (χ4n) is 2.75. The molecule has 0 radical (unpaired) electrons. The van der Waals surface area contributed by atoms with Gasteiger partial charge in [-0.2, -0.15) is 0 Å². The van der Waals surface area contributed by atoms with Crippen LogP contribution in [0.3, 0.4) is 0 Å². The molecule has 0 fully saturated rings. The second-order valence-corrected chi connectivity index (χ2v) is 6.48. The highest BCUT2D eigenvalue weighted by atomic mass is 32.2. The summed E-state index contributed by atoms with van der Waals surface area (Å²) in [5.74, 6) is -0.892. The Labute approximate surface area is 147 Å². The van der Waals surface area contributed by atoms with Crippen LogP contribution in [0.2, 0.25) is 0 Å². The van der Waals surface area contributed by atoms with Gasteiger partial charge in [0.05, 0.1) is 0 Å². The molecule has 2 nitrogen and oxygen atoms in total. The molecule has 0 bridgehead atoms. The number of hydrogen-bond donors (Lipinski definition) is 0. The van der Waals surface area contributed by atoms with E-state index in [9.17, 15) is 0 Å². The molecule has 0 aromatic heterocycles. The summed E-state index contributed by atoms with van der Waals surface area (Å²) < 4.78 is 11.6. The van der Waals surface area contributed by atoms with Crippen molar-refractivity contribution in [2.75, 3.05) is 14.2 Å². The summed E-state index contributed by atoms with van der Waals surface area (Å²) >= 11 is 1.74. The third kappa shape index (κ3) is 3.39. The molecular formula is C21H20O2S. The molecule has 0 amide bonds. The average Bonchev–Trinajstić information content (AvgIpc) is 2.66. The molecule has 3 heteroatoms. The van der Waals surface area contributed by atoms with Gasteiger partial charge in [0, 0.05) is 35.1 Å². The third-order valence-corrected chi connectivity index (χ3v) is 4.96. The molecule has 0 aliphatic heterocycles. The molecule has 0 unspecified atom stereocenters. The molecular weight excluding hydrogens is 316 g/mol. The molecule has 0 heterocycles. The van der Waals surface area contributed by atoms with Crippen LogP contribution >= 0.6 is 11.8 Å². The van der Waals surface area contributed by atoms with Gasteiger partial charge in [0.2, 0.25) is 5.79 Å². The molecule has 0 aliphatic rings. The van der Waals surface area contributed by atoms with E-state index < -0.39 is 5.79 Å². The lowest BCUT2D eigenvalue weighted by atomic mass is 9.97. The van der Waals surface area contributed by atoms with Crippen molar-refractivity contribution in [1.29, 1.82) is 0 Å². The van der Waals surface area contributed by atoms with E-state index in [-0.39, 0.29) is 0 Å². The van der Waals surface area contributed by atoms with Crippen LogP contribution in [0.25, 0.3) is 0 Å². The van der Waals surface area contributed by atoms with Crippen molar-refractivity contribution in [3.05, 3.63) is 96.1 Å². The third-order valence-electron chi connectivity index (χ3n) is 3.94. The Morgan fingerprint density at radius 1 is 0.583 bits per heavy atom. The Bertz CT molecular complexity index is 751. The summed E-state index contributed by atoms with van der Waals surface area (Å²) in [5, 5.41) is 0. The van der Waals surface area contributed by atoms with Crippen molar-refractivity contribution in [1.82, 2.24) is 0 Å². The van der Waals surface area contributed by atoms with Crippen LogP contribution in [0.5, 0.6) is 0 Å². The van der Waals surface area contributed by atoms with Crippen molar-refractivity contribution in [3.8, 4) is 0 Å². The van der Waals surface area contributed by atoms with E-state index in [1.165, 1.54) is 9.79 Å². The number of benzene rings is 3. The maximum atomic E-state index is 5.79. The molecule has 0 saturated carbocycles. The van der Waals surface area contributed by atoms with Gasteiger partial charge in [-0.1, -0.05) is 72.4 Å². The molecule has 0 atom stereocenters. The number of hydrogen-bond acceptors (Lipinski definition) is 3. The molecule has 24 heavy (non-hydrogen) atoms. The summed E-state index contributed by atoms with van der Waals surface area (Å²) in [7, 11) is 3.34. The van der Waals surface area contributed by atoms with E-state index in [2.05, 4.69) is 36.4 Å². The van der Waals surface area contributed by atoms with Gasteiger partial charge in [-0.15, -0.1) is 0 Å². The van der Waals surface area contributed by atoms with Crippen molar-refractivity contribution in [2.45, 2.75) is 15.6 Å². The van der Waals surface area contributed by atoms with Crippen LogP contribution in [0, 0.1) is 0 Å². The molecule has 0 saturated heterocycles. The minimum absolute atomic E-state index is 0.892. The van der Waals surface area contributed by atoms with E-state index in [1.807, 2.05) is 48.5 Å². The second kappa shape index (κ2) is 7.67. The average molecular weight is 336 g/mol. The van der Waals surface area contributed by atoms with Crippen LogP contribution in [0.15, 0.2) is 94.7 Å². The molecule has 3 rings (SSSR count). The minimum Gasteiger partial charge on any atom is -0.346 e. The molecule has 0 spiro atoms. The van der Waals surface area contributed by atoms with Gasteiger partial charge in [-0.25, -0.2) is 0 Å². The van der Waals surface area contributed by atoms with Crippen molar-refractivity contribution >= 4 is 11.8 Å². The normalized spacial score (nSPS) is 11.4. The van der Waals surface area contributed by atoms with Crippen LogP contribution in [-0.2, 0) is 15.3 Å². The molecule has 0 aliphatic carbocycles. The predicted molar refractivity (Wildman–Crippen MR) is 98.2 cm³/mol. The van der Waals surface area contributed by atoms with E-state index in [0.29, 0.717) is 0 Å². The SMILES string of the molecule is COC(OC)(c1ccccc1)c1ccc(Sc2ccccc2)cc1. The Morgan fingerprint density at radius 2 is 1.04 bits per heavy atom. The van der Waals surface area contributed by atoms with Crippen molar-refractivity contribution in [3.63, 3.8) is 0 Å². The zero-order chi connectivity index (χ0) is 16.8. The summed E-state index contributed by atoms with van der Waals surface area (Å²) in [6.45, 7) is 0. The Balaban J connectivity index is 1.90. The fraction of sp³-hybridized carbons (Fsp3) is 0.143. The molecule has 3 aromatic carbocycles. The molecule has 3 aromatic rings. The fourth-order valence-corrected chi connectivity index (χ4v) is 3.58. The zero-order valence-electron chi connectivity index (χ0n) is 13.8. The first-order valence-electron chi connectivity index (χ1n) is 7.78. The highest BCUT2D eigenvalue weighted by molar-refractivity contribution is 7.99. The van der Waals surface area contributed by atoms with Crippen molar-refractivity contribution in [2.24, 2.45) is 0 Å². The highest BCUT2D eigenvalue weighted by Crippen LogP contribution is 2.35. The first-order chi connectivity index (χ1) is 11.8. The zero-order valence-corrected chi connectivity index (χ0v) is 14.6. The maximum Gasteiger partial charge on any atom is 0.221 e. The summed E-state index contributed by atoms with van der Waals surface area (Å²) in [6.07, 6.45) is 0. The van der Waals surface area contributed by atoms with Gasteiger partial charge in [-0.3, -0.25) is 0 Å². The predicted octanol–water partition coefficient (Wildman–Crippen LogP) is 5.33. The standard InChI is InChI=1S/C21H20O2S/c1-22-21(23-2,17-9-5-3-6-10-17)18-13-15-20(16-14-18)24-19-11-7-4-8-12-19/h3-16H,1-2H3. The lowest BCUT2D eigenvalue weighted by molar-refractivity contribution is -0.183. The van der Waals surface area contributed by atoms with Gasteiger partial charge >= 0.3 is 0 Å². The molecule has 122 valence electrons. The lowest BCUT2D eigenvalue weighted by Crippen LogP contribution is -2.32. The largest absolute Gasteiger partial charge is 0.346 e. The van der Waals surface area contributed by atoms with E-state index in [1.54, 1.807) is 26.0 Å².